The van der Waals surface area contributed by atoms with Crippen molar-refractivity contribution in [1.82, 2.24) is 10.6 Å². The number of aliphatic hydroxyl groups is 13. The van der Waals surface area contributed by atoms with Crippen molar-refractivity contribution < 1.29 is 119 Å². The SMILES string of the molecule is CC(=O)N[C@H]1[C@H](O[C@H]2[C@@H](O)[C@H](O)[C@@H](CO)O[C@@H]2O)O[C@H](CO)[C@@H](O[C@@H]2O[C@H](CO[C@]3(C(=O)O)C[C@H](O)[C@@H](NC(C)=O)[C@H]([C@H](O)[C@H](O)CO)O3)[C@H](O)[C@H](O)[C@H]2O)[C@@H]1O. The van der Waals surface area contributed by atoms with Crippen molar-refractivity contribution in [3.05, 3.63) is 0 Å². The Labute approximate surface area is 322 Å². The van der Waals surface area contributed by atoms with Crippen molar-refractivity contribution in [2.75, 3.05) is 26.4 Å². The number of amides is 2. The zero-order chi connectivity index (χ0) is 42.7. The van der Waals surface area contributed by atoms with Crippen LogP contribution >= 0.6 is 0 Å². The predicted molar refractivity (Wildman–Crippen MR) is 174 cm³/mol. The molecule has 0 unspecified atom stereocenters. The summed E-state index contributed by atoms with van der Waals surface area (Å²) in [4.78, 5) is 36.6. The van der Waals surface area contributed by atoms with E-state index in [0.29, 0.717) is 0 Å². The van der Waals surface area contributed by atoms with Gasteiger partial charge in [-0.1, -0.05) is 0 Å². The lowest BCUT2D eigenvalue weighted by Crippen LogP contribution is -2.69. The van der Waals surface area contributed by atoms with Gasteiger partial charge in [0.15, 0.2) is 18.9 Å². The number of carboxylic acid groups (broad SMARTS) is 1. The van der Waals surface area contributed by atoms with Gasteiger partial charge in [0.2, 0.25) is 11.8 Å². The Balaban J connectivity index is 1.54. The minimum absolute atomic E-state index is 0.754. The maximum Gasteiger partial charge on any atom is 0.364 e. The Bertz CT molecular complexity index is 1350. The largest absolute Gasteiger partial charge is 0.477 e. The Morgan fingerprint density at radius 3 is 1.82 bits per heavy atom. The Morgan fingerprint density at radius 2 is 1.26 bits per heavy atom. The Morgan fingerprint density at radius 1 is 0.702 bits per heavy atom. The van der Waals surface area contributed by atoms with E-state index >= 15 is 0 Å². The van der Waals surface area contributed by atoms with Gasteiger partial charge in [-0.3, -0.25) is 9.59 Å². The molecule has 57 heavy (non-hydrogen) atoms. The molecule has 0 aromatic heterocycles. The van der Waals surface area contributed by atoms with Crippen LogP contribution in [-0.4, -0.2) is 244 Å². The summed E-state index contributed by atoms with van der Waals surface area (Å²) in [6.07, 6.45) is -35.2. The first-order valence-electron chi connectivity index (χ1n) is 17.7. The number of aliphatic hydroxyl groups excluding tert-OH is 13. The monoisotopic (exact) mass is 836 g/mol. The Hall–Kier alpha value is -2.39. The van der Waals surface area contributed by atoms with Gasteiger partial charge in [-0.2, -0.15) is 0 Å². The van der Waals surface area contributed by atoms with Crippen molar-refractivity contribution in [1.29, 1.82) is 0 Å². The topological polar surface area (TPSA) is 423 Å². The van der Waals surface area contributed by atoms with Crippen molar-refractivity contribution in [2.24, 2.45) is 0 Å². The van der Waals surface area contributed by atoms with E-state index in [1.807, 2.05) is 0 Å². The van der Waals surface area contributed by atoms with Crippen LogP contribution in [0.5, 0.6) is 0 Å². The van der Waals surface area contributed by atoms with E-state index in [-0.39, 0.29) is 0 Å². The van der Waals surface area contributed by atoms with Crippen LogP contribution in [0.2, 0.25) is 0 Å². The quantitative estimate of drug-likeness (QED) is 0.0728. The summed E-state index contributed by atoms with van der Waals surface area (Å²) >= 11 is 0. The second-order valence-corrected chi connectivity index (χ2v) is 14.1. The molecule has 0 aliphatic carbocycles. The summed E-state index contributed by atoms with van der Waals surface area (Å²) < 4.78 is 38.7. The maximum atomic E-state index is 12.6. The number of carbonyl (C=O) groups excluding carboxylic acids is 2. The van der Waals surface area contributed by atoms with E-state index in [1.165, 1.54) is 0 Å². The van der Waals surface area contributed by atoms with Crippen LogP contribution in [0.1, 0.15) is 20.3 Å². The fourth-order valence-electron chi connectivity index (χ4n) is 6.93. The van der Waals surface area contributed by atoms with Gasteiger partial charge in [-0.05, 0) is 0 Å². The molecule has 4 aliphatic heterocycles. The van der Waals surface area contributed by atoms with Crippen LogP contribution in [-0.2, 0) is 47.5 Å². The average Bonchev–Trinajstić information content (AvgIpc) is 3.16. The van der Waals surface area contributed by atoms with E-state index in [1.54, 1.807) is 0 Å². The first-order valence-corrected chi connectivity index (χ1v) is 17.7. The standard InChI is InChI=1S/C31H52N2O24/c1-8(37)32-15-10(39)3-31(30(49)50,57-25(15)17(41)11(40)4-34)51-7-14-19(43)21(45)23(47)29(54-14)55-24-13(6-36)53-28(16(20(24)44)33-9(2)38)56-26-22(46)18(42)12(5-35)52-27(26)48/h10-29,34-36,39-48H,3-7H2,1-2H3,(H,32,37)(H,33,38)(H,49,50)/t10-,11+,12+,13+,14+,15+,16+,17+,18+,19-,20+,21-,22-,23+,24+,25+,26-,27-,28-,29-,31+/m0/s1. The molecule has 4 aliphatic rings. The van der Waals surface area contributed by atoms with Crippen molar-refractivity contribution >= 4 is 17.8 Å². The number of hydrogen-bond acceptors (Lipinski definition) is 23. The highest BCUT2D eigenvalue weighted by atomic mass is 16.8. The van der Waals surface area contributed by atoms with Crippen LogP contribution in [0.3, 0.4) is 0 Å². The number of aliphatic carboxylic acids is 1. The minimum atomic E-state index is -2.91. The number of ether oxygens (including phenoxy) is 7. The molecule has 330 valence electrons. The van der Waals surface area contributed by atoms with Gasteiger partial charge in [-0.25, -0.2) is 4.79 Å². The van der Waals surface area contributed by atoms with Crippen LogP contribution < -0.4 is 10.6 Å². The molecule has 0 bridgehead atoms. The zero-order valence-corrected chi connectivity index (χ0v) is 30.4. The average molecular weight is 837 g/mol. The summed E-state index contributed by atoms with van der Waals surface area (Å²) in [5, 5.41) is 150. The molecular formula is C31H52N2O24. The first-order chi connectivity index (χ1) is 26.7. The highest BCUT2D eigenvalue weighted by Gasteiger charge is 2.58. The summed E-state index contributed by atoms with van der Waals surface area (Å²) in [6, 6.07) is -3.20. The predicted octanol–water partition coefficient (Wildman–Crippen LogP) is -10.3. The van der Waals surface area contributed by atoms with E-state index in [9.17, 15) is 85.9 Å². The summed E-state index contributed by atoms with van der Waals surface area (Å²) in [6.45, 7) is -1.83. The van der Waals surface area contributed by atoms with Gasteiger partial charge in [0.25, 0.3) is 5.79 Å². The molecule has 21 atom stereocenters. The highest BCUT2D eigenvalue weighted by molar-refractivity contribution is 5.76. The second-order valence-electron chi connectivity index (χ2n) is 14.1. The van der Waals surface area contributed by atoms with Gasteiger partial charge in [0.1, 0.15) is 91.5 Å². The fourth-order valence-corrected chi connectivity index (χ4v) is 6.93. The molecule has 0 aromatic rings. The lowest BCUT2D eigenvalue weighted by atomic mass is 9.88. The molecule has 26 nitrogen and oxygen atoms in total. The van der Waals surface area contributed by atoms with Crippen LogP contribution in [0.4, 0.5) is 0 Å². The van der Waals surface area contributed by atoms with E-state index in [0.717, 1.165) is 13.8 Å². The first kappa shape index (κ1) is 47.3. The molecule has 4 saturated heterocycles. The third kappa shape index (κ3) is 10.3. The summed E-state index contributed by atoms with van der Waals surface area (Å²) in [5.41, 5.74) is 0. The van der Waals surface area contributed by atoms with E-state index in [2.05, 4.69) is 10.6 Å². The van der Waals surface area contributed by atoms with Gasteiger partial charge in [0, 0.05) is 20.3 Å². The summed E-state index contributed by atoms with van der Waals surface area (Å²) in [7, 11) is 0. The third-order valence-corrected chi connectivity index (χ3v) is 9.98. The molecule has 16 N–H and O–H groups in total. The molecule has 4 rings (SSSR count). The number of carboxylic acids is 1. The number of rotatable bonds is 15. The zero-order valence-electron chi connectivity index (χ0n) is 30.4. The molecule has 0 spiro atoms. The van der Waals surface area contributed by atoms with Crippen molar-refractivity contribution in [3.63, 3.8) is 0 Å². The van der Waals surface area contributed by atoms with Crippen LogP contribution in [0, 0.1) is 0 Å². The molecule has 2 amide bonds. The molecular weight excluding hydrogens is 784 g/mol. The van der Waals surface area contributed by atoms with Crippen LogP contribution in [0.25, 0.3) is 0 Å². The highest BCUT2D eigenvalue weighted by Crippen LogP contribution is 2.36. The van der Waals surface area contributed by atoms with Gasteiger partial charge in [-0.15, -0.1) is 0 Å². The number of nitrogens with one attached hydrogen (secondary N) is 2. The lowest BCUT2D eigenvalue weighted by molar-refractivity contribution is -0.373. The minimum Gasteiger partial charge on any atom is -0.477 e. The number of carbonyl (C=O) groups is 3. The molecule has 4 heterocycles. The van der Waals surface area contributed by atoms with Crippen LogP contribution in [0.15, 0.2) is 0 Å². The summed E-state index contributed by atoms with van der Waals surface area (Å²) in [5.74, 6) is -6.38. The third-order valence-electron chi connectivity index (χ3n) is 9.98. The van der Waals surface area contributed by atoms with Gasteiger partial charge >= 0.3 is 5.97 Å². The second kappa shape index (κ2) is 19.8. The van der Waals surface area contributed by atoms with Crippen molar-refractivity contribution in [2.45, 2.75) is 149 Å². The lowest BCUT2D eigenvalue weighted by Gasteiger charge is -2.49. The molecule has 0 radical (unpaired) electrons. The number of hydrogen-bond donors (Lipinski definition) is 16. The molecule has 0 aromatic carbocycles. The fraction of sp³-hybridized carbons (Fsp3) is 0.903. The molecule has 26 heteroatoms. The Kier molecular flexibility index (Phi) is 16.4. The van der Waals surface area contributed by atoms with E-state index in [4.69, 9.17) is 33.2 Å². The van der Waals surface area contributed by atoms with Gasteiger partial charge in [0.05, 0.1) is 38.6 Å². The smallest absolute Gasteiger partial charge is 0.364 e. The molecule has 0 saturated carbocycles. The normalized spacial score (nSPS) is 45.1. The maximum absolute atomic E-state index is 12.6. The van der Waals surface area contributed by atoms with Gasteiger partial charge < -0.3 is 115 Å². The van der Waals surface area contributed by atoms with Crippen molar-refractivity contribution in [3.8, 4) is 0 Å². The molecule has 4 fully saturated rings. The van der Waals surface area contributed by atoms with E-state index < -0.39 is 179 Å².